The topological polar surface area (TPSA) is 49.4 Å². The Bertz CT molecular complexity index is 830. The summed E-state index contributed by atoms with van der Waals surface area (Å²) in [5.74, 6) is 0.0110. The lowest BCUT2D eigenvalue weighted by Crippen LogP contribution is -2.46. The largest absolute Gasteiger partial charge is 0.342 e. The van der Waals surface area contributed by atoms with Gasteiger partial charge in [0, 0.05) is 31.2 Å². The highest BCUT2D eigenvalue weighted by Gasteiger charge is 2.45. The van der Waals surface area contributed by atoms with Gasteiger partial charge in [0.1, 0.15) is 0 Å². The standard InChI is InChI=1S/C21H23ClN2O2/c1-15(25)24(2)14-16-6-3-9-19(12-16)23-20(26)21(10-5-11-21)17-7-4-8-18(22)13-17/h3-4,6-9,12-13H,5,10-11,14H2,1-2H3,(H,23,26). The third kappa shape index (κ3) is 3.75. The van der Waals surface area contributed by atoms with Gasteiger partial charge in [0.25, 0.3) is 0 Å². The van der Waals surface area contributed by atoms with Crippen molar-refractivity contribution >= 4 is 29.1 Å². The van der Waals surface area contributed by atoms with Gasteiger partial charge in [0.2, 0.25) is 11.8 Å². The Kier molecular flexibility index (Phi) is 5.33. The van der Waals surface area contributed by atoms with E-state index in [1.54, 1.807) is 11.9 Å². The number of nitrogens with zero attached hydrogens (tertiary/aromatic N) is 1. The second kappa shape index (κ2) is 7.50. The molecule has 4 nitrogen and oxygen atoms in total. The van der Waals surface area contributed by atoms with Crippen molar-refractivity contribution in [2.24, 2.45) is 0 Å². The first-order valence-corrected chi connectivity index (χ1v) is 9.17. The van der Waals surface area contributed by atoms with Gasteiger partial charge < -0.3 is 10.2 Å². The molecule has 1 fully saturated rings. The molecule has 2 amide bonds. The van der Waals surface area contributed by atoms with Crippen molar-refractivity contribution in [2.45, 2.75) is 38.1 Å². The van der Waals surface area contributed by atoms with Crippen molar-refractivity contribution in [1.29, 1.82) is 0 Å². The molecule has 0 unspecified atom stereocenters. The van der Waals surface area contributed by atoms with Crippen molar-refractivity contribution in [3.8, 4) is 0 Å². The first-order valence-electron chi connectivity index (χ1n) is 8.79. The summed E-state index contributed by atoms with van der Waals surface area (Å²) in [5, 5.41) is 3.71. The van der Waals surface area contributed by atoms with E-state index in [0.717, 1.165) is 36.1 Å². The van der Waals surface area contributed by atoms with Gasteiger partial charge in [-0.2, -0.15) is 0 Å². The van der Waals surface area contributed by atoms with Crippen molar-refractivity contribution in [3.63, 3.8) is 0 Å². The van der Waals surface area contributed by atoms with Crippen LogP contribution in [0.2, 0.25) is 5.02 Å². The van der Waals surface area contributed by atoms with Crippen molar-refractivity contribution < 1.29 is 9.59 Å². The number of hydrogen-bond acceptors (Lipinski definition) is 2. The Morgan fingerprint density at radius 1 is 1.15 bits per heavy atom. The fourth-order valence-corrected chi connectivity index (χ4v) is 3.54. The molecule has 136 valence electrons. The second-order valence-corrected chi connectivity index (χ2v) is 7.41. The maximum atomic E-state index is 13.1. The van der Waals surface area contributed by atoms with E-state index >= 15 is 0 Å². The summed E-state index contributed by atoms with van der Waals surface area (Å²) in [5.41, 5.74) is 2.20. The Hall–Kier alpha value is -2.33. The van der Waals surface area contributed by atoms with Gasteiger partial charge in [-0.3, -0.25) is 9.59 Å². The van der Waals surface area contributed by atoms with Crippen LogP contribution in [0.1, 0.15) is 37.3 Å². The summed E-state index contributed by atoms with van der Waals surface area (Å²) in [6.07, 6.45) is 2.68. The van der Waals surface area contributed by atoms with Crippen LogP contribution in [0.3, 0.4) is 0 Å². The predicted molar refractivity (Wildman–Crippen MR) is 104 cm³/mol. The van der Waals surface area contributed by atoms with Gasteiger partial charge in [0.05, 0.1) is 5.41 Å². The van der Waals surface area contributed by atoms with E-state index in [9.17, 15) is 9.59 Å². The van der Waals surface area contributed by atoms with Gasteiger partial charge in [-0.25, -0.2) is 0 Å². The molecule has 0 bridgehead atoms. The summed E-state index contributed by atoms with van der Waals surface area (Å²) in [7, 11) is 1.76. The Labute approximate surface area is 159 Å². The molecule has 1 saturated carbocycles. The third-order valence-electron chi connectivity index (χ3n) is 5.16. The van der Waals surface area contributed by atoms with Crippen LogP contribution < -0.4 is 5.32 Å². The van der Waals surface area contributed by atoms with Crippen LogP contribution in [-0.2, 0) is 21.5 Å². The fourth-order valence-electron chi connectivity index (χ4n) is 3.35. The zero-order chi connectivity index (χ0) is 18.7. The zero-order valence-electron chi connectivity index (χ0n) is 15.1. The van der Waals surface area contributed by atoms with E-state index in [1.807, 2.05) is 48.5 Å². The molecule has 0 saturated heterocycles. The molecule has 3 rings (SSSR count). The minimum absolute atomic E-state index is 0.00286. The highest BCUT2D eigenvalue weighted by atomic mass is 35.5. The van der Waals surface area contributed by atoms with Gasteiger partial charge in [-0.15, -0.1) is 0 Å². The molecule has 0 atom stereocenters. The second-order valence-electron chi connectivity index (χ2n) is 6.98. The number of nitrogens with one attached hydrogen (secondary N) is 1. The SMILES string of the molecule is CC(=O)N(C)Cc1cccc(NC(=O)C2(c3cccc(Cl)c3)CCC2)c1. The lowest BCUT2D eigenvalue weighted by Gasteiger charge is -2.40. The smallest absolute Gasteiger partial charge is 0.235 e. The molecular formula is C21H23ClN2O2. The maximum absolute atomic E-state index is 13.1. The van der Waals surface area contributed by atoms with Crippen LogP contribution in [0, 0.1) is 0 Å². The summed E-state index contributed by atoms with van der Waals surface area (Å²) in [4.78, 5) is 26.1. The van der Waals surface area contributed by atoms with Gasteiger partial charge in [-0.1, -0.05) is 42.3 Å². The number of halogens is 1. The number of carbonyl (C=O) groups is 2. The number of hydrogen-bond donors (Lipinski definition) is 1. The first kappa shape index (κ1) is 18.5. The average Bonchev–Trinajstić information content (AvgIpc) is 2.54. The number of amides is 2. The lowest BCUT2D eigenvalue weighted by atomic mass is 9.64. The highest BCUT2D eigenvalue weighted by Crippen LogP contribution is 2.45. The minimum Gasteiger partial charge on any atom is -0.342 e. The summed E-state index contributed by atoms with van der Waals surface area (Å²) in [6, 6.07) is 15.2. The molecule has 0 spiro atoms. The minimum atomic E-state index is -0.503. The fraction of sp³-hybridized carbons (Fsp3) is 0.333. The third-order valence-corrected chi connectivity index (χ3v) is 5.40. The van der Waals surface area contributed by atoms with Crippen LogP contribution in [0.4, 0.5) is 5.69 Å². The van der Waals surface area contributed by atoms with Crippen molar-refractivity contribution in [1.82, 2.24) is 4.90 Å². The van der Waals surface area contributed by atoms with Gasteiger partial charge in [-0.05, 0) is 48.2 Å². The normalized spacial score (nSPS) is 15.0. The molecule has 2 aromatic carbocycles. The van der Waals surface area contributed by atoms with E-state index in [1.165, 1.54) is 6.92 Å². The lowest BCUT2D eigenvalue weighted by molar-refractivity contribution is -0.128. The highest BCUT2D eigenvalue weighted by molar-refractivity contribution is 6.30. The quantitative estimate of drug-likeness (QED) is 0.849. The molecule has 0 heterocycles. The number of benzene rings is 2. The average molecular weight is 371 g/mol. The molecule has 0 aromatic heterocycles. The predicted octanol–water partition coefficient (Wildman–Crippen LogP) is 4.38. The van der Waals surface area contributed by atoms with E-state index in [-0.39, 0.29) is 11.8 Å². The van der Waals surface area contributed by atoms with E-state index in [2.05, 4.69) is 5.32 Å². The number of anilines is 1. The molecule has 0 radical (unpaired) electrons. The monoisotopic (exact) mass is 370 g/mol. The van der Waals surface area contributed by atoms with Crippen LogP contribution >= 0.6 is 11.6 Å². The molecule has 5 heteroatoms. The Morgan fingerprint density at radius 3 is 2.50 bits per heavy atom. The zero-order valence-corrected chi connectivity index (χ0v) is 15.8. The van der Waals surface area contributed by atoms with Crippen molar-refractivity contribution in [3.05, 3.63) is 64.7 Å². The molecule has 1 aliphatic carbocycles. The Morgan fingerprint density at radius 2 is 1.88 bits per heavy atom. The van der Waals surface area contributed by atoms with Gasteiger partial charge >= 0.3 is 0 Å². The van der Waals surface area contributed by atoms with Gasteiger partial charge in [0.15, 0.2) is 0 Å². The van der Waals surface area contributed by atoms with Crippen LogP contribution in [0.25, 0.3) is 0 Å². The number of carbonyl (C=O) groups excluding carboxylic acids is 2. The van der Waals surface area contributed by atoms with Crippen LogP contribution in [0.15, 0.2) is 48.5 Å². The molecular weight excluding hydrogens is 348 g/mol. The van der Waals surface area contributed by atoms with E-state index in [4.69, 9.17) is 11.6 Å². The van der Waals surface area contributed by atoms with E-state index in [0.29, 0.717) is 11.6 Å². The molecule has 1 aliphatic rings. The molecule has 26 heavy (non-hydrogen) atoms. The molecule has 1 N–H and O–H groups in total. The number of rotatable bonds is 5. The summed E-state index contributed by atoms with van der Waals surface area (Å²) >= 11 is 6.13. The summed E-state index contributed by atoms with van der Waals surface area (Å²) < 4.78 is 0. The van der Waals surface area contributed by atoms with E-state index < -0.39 is 5.41 Å². The van der Waals surface area contributed by atoms with Crippen molar-refractivity contribution in [2.75, 3.05) is 12.4 Å². The Balaban J connectivity index is 1.78. The molecule has 2 aromatic rings. The van der Waals surface area contributed by atoms with Crippen LogP contribution in [-0.4, -0.2) is 23.8 Å². The maximum Gasteiger partial charge on any atom is 0.235 e. The summed E-state index contributed by atoms with van der Waals surface area (Å²) in [6.45, 7) is 2.05. The molecule has 0 aliphatic heterocycles. The van der Waals surface area contributed by atoms with Crippen LogP contribution in [0.5, 0.6) is 0 Å². The first-order chi connectivity index (χ1) is 12.4.